The third kappa shape index (κ3) is 6.52. The van der Waals surface area contributed by atoms with E-state index in [1.807, 2.05) is 36.4 Å². The van der Waals surface area contributed by atoms with Gasteiger partial charge in [-0.1, -0.05) is 48.2 Å². The summed E-state index contributed by atoms with van der Waals surface area (Å²) in [5, 5.41) is 37.7. The normalized spacial score (nSPS) is 15.8. The molecule has 1 aliphatic carbocycles. The summed E-state index contributed by atoms with van der Waals surface area (Å²) in [6.45, 7) is 1.03. The molecule has 4 rings (SSSR count). The van der Waals surface area contributed by atoms with Crippen molar-refractivity contribution < 1.29 is 20.2 Å². The fourth-order valence-electron chi connectivity index (χ4n) is 5.32. The molecular weight excluding hydrogens is 502 g/mol. The lowest BCUT2D eigenvalue weighted by Crippen LogP contribution is -2.43. The Balaban J connectivity index is 1.47. The summed E-state index contributed by atoms with van der Waals surface area (Å²) < 4.78 is 5.34. The first-order valence-electron chi connectivity index (χ1n) is 12.9. The van der Waals surface area contributed by atoms with E-state index in [0.29, 0.717) is 29.2 Å². The Labute approximate surface area is 229 Å². The molecule has 0 saturated heterocycles. The first-order chi connectivity index (χ1) is 18.3. The lowest BCUT2D eigenvalue weighted by atomic mass is 9.72. The lowest BCUT2D eigenvalue weighted by molar-refractivity contribution is -0.0196. The van der Waals surface area contributed by atoms with Gasteiger partial charge in [0.1, 0.15) is 11.5 Å². The third-order valence-corrected chi connectivity index (χ3v) is 7.73. The van der Waals surface area contributed by atoms with Gasteiger partial charge in [-0.15, -0.1) is 0 Å². The highest BCUT2D eigenvalue weighted by Crippen LogP contribution is 2.41. The number of aliphatic hydroxyl groups is 1. The third-order valence-electron chi connectivity index (χ3n) is 7.51. The Morgan fingerprint density at radius 2 is 1.76 bits per heavy atom. The van der Waals surface area contributed by atoms with Gasteiger partial charge in [-0.3, -0.25) is 0 Å². The quantitative estimate of drug-likeness (QED) is 0.136. The summed E-state index contributed by atoms with van der Waals surface area (Å²) in [7, 11) is 3.72. The van der Waals surface area contributed by atoms with E-state index in [9.17, 15) is 10.2 Å². The van der Waals surface area contributed by atoms with E-state index in [-0.39, 0.29) is 11.7 Å². The van der Waals surface area contributed by atoms with Crippen molar-refractivity contribution in [3.05, 3.63) is 82.4 Å². The van der Waals surface area contributed by atoms with Crippen LogP contribution in [0.5, 0.6) is 11.5 Å². The largest absolute Gasteiger partial charge is 0.507 e. The number of phenols is 1. The predicted octanol–water partition coefficient (Wildman–Crippen LogP) is 6.39. The van der Waals surface area contributed by atoms with Gasteiger partial charge in [-0.2, -0.15) is 0 Å². The van der Waals surface area contributed by atoms with Gasteiger partial charge in [0.25, 0.3) is 0 Å². The van der Waals surface area contributed by atoms with Crippen molar-refractivity contribution >= 4 is 29.2 Å². The average Bonchev–Trinajstić information content (AvgIpc) is 2.93. The minimum atomic E-state index is -0.735. The number of nitrogens with zero attached hydrogens (tertiary/aromatic N) is 2. The highest BCUT2D eigenvalue weighted by molar-refractivity contribution is 6.31. The van der Waals surface area contributed by atoms with Gasteiger partial charge in [-0.25, -0.2) is 0 Å². The molecule has 38 heavy (non-hydrogen) atoms. The molecule has 0 aliphatic heterocycles. The SMILES string of the molecule is COc1ccc(C(CN(C)c2ccc(NCc3cc(Cl)cc(/C=N/O)c3O)cc2)C2(O)CCCCC2)cc1. The Morgan fingerprint density at radius 3 is 2.39 bits per heavy atom. The van der Waals surface area contributed by atoms with Crippen molar-refractivity contribution in [2.75, 3.05) is 30.9 Å². The number of ether oxygens (including phenoxy) is 1. The highest BCUT2D eigenvalue weighted by Gasteiger charge is 2.39. The monoisotopic (exact) mass is 537 g/mol. The van der Waals surface area contributed by atoms with Crippen LogP contribution in [0, 0.1) is 0 Å². The van der Waals surface area contributed by atoms with Gasteiger partial charge in [0.15, 0.2) is 0 Å². The summed E-state index contributed by atoms with van der Waals surface area (Å²) in [6, 6.07) is 19.3. The summed E-state index contributed by atoms with van der Waals surface area (Å²) in [6.07, 6.45) is 6.03. The van der Waals surface area contributed by atoms with Crippen molar-refractivity contribution in [3.63, 3.8) is 0 Å². The summed E-state index contributed by atoms with van der Waals surface area (Å²) >= 11 is 6.15. The fourth-order valence-corrected chi connectivity index (χ4v) is 5.57. The van der Waals surface area contributed by atoms with E-state index in [1.54, 1.807) is 13.2 Å². The van der Waals surface area contributed by atoms with Crippen molar-refractivity contribution in [2.24, 2.45) is 5.16 Å². The molecule has 1 unspecified atom stereocenters. The smallest absolute Gasteiger partial charge is 0.129 e. The molecule has 7 nitrogen and oxygen atoms in total. The number of phenolic OH excluding ortho intramolecular Hbond substituents is 1. The Hall–Kier alpha value is -3.42. The molecular formula is C30H36ClN3O4. The first-order valence-corrected chi connectivity index (χ1v) is 13.3. The van der Waals surface area contributed by atoms with Gasteiger partial charge in [0.2, 0.25) is 0 Å². The van der Waals surface area contributed by atoms with Gasteiger partial charge in [-0.05, 0) is 66.9 Å². The highest BCUT2D eigenvalue weighted by atomic mass is 35.5. The van der Waals surface area contributed by atoms with Crippen LogP contribution in [0.3, 0.4) is 0 Å². The maximum Gasteiger partial charge on any atom is 0.129 e. The molecule has 0 spiro atoms. The summed E-state index contributed by atoms with van der Waals surface area (Å²) in [5.41, 5.74) is 3.25. The molecule has 0 heterocycles. The van der Waals surface area contributed by atoms with E-state index in [1.165, 1.54) is 12.5 Å². The van der Waals surface area contributed by atoms with E-state index in [4.69, 9.17) is 21.5 Å². The van der Waals surface area contributed by atoms with E-state index < -0.39 is 5.60 Å². The molecule has 1 atom stereocenters. The van der Waals surface area contributed by atoms with Crippen LogP contribution in [-0.4, -0.2) is 47.9 Å². The number of oxime groups is 1. The van der Waals surface area contributed by atoms with Crippen LogP contribution in [0.2, 0.25) is 5.02 Å². The molecule has 0 aromatic heterocycles. The molecule has 1 saturated carbocycles. The first kappa shape index (κ1) is 27.6. The molecule has 0 radical (unpaired) electrons. The van der Waals surface area contributed by atoms with Crippen LogP contribution in [0.1, 0.15) is 54.7 Å². The molecule has 1 aliphatic rings. The number of rotatable bonds is 10. The van der Waals surface area contributed by atoms with Crippen molar-refractivity contribution in [1.29, 1.82) is 0 Å². The Morgan fingerprint density at radius 1 is 1.08 bits per heavy atom. The number of hydrogen-bond acceptors (Lipinski definition) is 7. The number of aromatic hydroxyl groups is 1. The number of likely N-dealkylation sites (N-methyl/N-ethyl adjacent to an activating group) is 1. The van der Waals surface area contributed by atoms with Crippen LogP contribution in [0.25, 0.3) is 0 Å². The standard InChI is InChI=1S/C30H36ClN3O4/c1-34(20-28(30(36)14-4-3-5-15-30)21-6-12-27(38-2)13-7-21)26-10-8-25(9-11-26)32-18-22-16-24(31)17-23(19-33-37)29(22)35/h6-13,16-17,19,28,32,35-37H,3-5,14-15,18,20H2,1-2H3/b33-19+. The summed E-state index contributed by atoms with van der Waals surface area (Å²) in [5.74, 6) is 0.795. The predicted molar refractivity (Wildman–Crippen MR) is 153 cm³/mol. The number of benzene rings is 3. The number of halogens is 1. The van der Waals surface area contributed by atoms with E-state index in [0.717, 1.165) is 54.6 Å². The van der Waals surface area contributed by atoms with Crippen molar-refractivity contribution in [1.82, 2.24) is 0 Å². The zero-order valence-corrected chi connectivity index (χ0v) is 22.7. The van der Waals surface area contributed by atoms with Gasteiger partial charge >= 0.3 is 0 Å². The van der Waals surface area contributed by atoms with Crippen LogP contribution >= 0.6 is 11.6 Å². The zero-order valence-electron chi connectivity index (χ0n) is 21.9. The maximum atomic E-state index is 11.7. The Kier molecular flexibility index (Phi) is 9.02. The zero-order chi connectivity index (χ0) is 27.1. The molecule has 202 valence electrons. The minimum Gasteiger partial charge on any atom is -0.507 e. The molecule has 3 aromatic carbocycles. The number of nitrogens with one attached hydrogen (secondary N) is 1. The molecule has 1 fully saturated rings. The second kappa shape index (κ2) is 12.4. The number of anilines is 2. The van der Waals surface area contributed by atoms with Crippen LogP contribution in [0.4, 0.5) is 11.4 Å². The van der Waals surface area contributed by atoms with Crippen molar-refractivity contribution in [2.45, 2.75) is 50.2 Å². The van der Waals surface area contributed by atoms with Gasteiger partial charge in [0.05, 0.1) is 18.9 Å². The van der Waals surface area contributed by atoms with E-state index >= 15 is 0 Å². The van der Waals surface area contributed by atoms with Crippen LogP contribution in [0.15, 0.2) is 65.8 Å². The topological polar surface area (TPSA) is 97.6 Å². The molecule has 3 aromatic rings. The molecule has 0 amide bonds. The molecule has 4 N–H and O–H groups in total. The van der Waals surface area contributed by atoms with E-state index in [2.05, 4.69) is 34.6 Å². The molecule has 8 heteroatoms. The lowest BCUT2D eigenvalue weighted by Gasteiger charge is -2.41. The van der Waals surface area contributed by atoms with Crippen LogP contribution in [-0.2, 0) is 6.54 Å². The number of methoxy groups -OCH3 is 1. The second-order valence-electron chi connectivity index (χ2n) is 10.0. The Bertz CT molecular complexity index is 1230. The molecule has 0 bridgehead atoms. The van der Waals surface area contributed by atoms with Crippen molar-refractivity contribution in [3.8, 4) is 11.5 Å². The summed E-state index contributed by atoms with van der Waals surface area (Å²) in [4.78, 5) is 2.19. The second-order valence-corrected chi connectivity index (χ2v) is 10.5. The maximum absolute atomic E-state index is 11.7. The fraction of sp³-hybridized carbons (Fsp3) is 0.367. The number of hydrogen-bond donors (Lipinski definition) is 4. The average molecular weight is 538 g/mol. The minimum absolute atomic E-state index is 0.0151. The van der Waals surface area contributed by atoms with Crippen LogP contribution < -0.4 is 15.0 Å². The van der Waals surface area contributed by atoms with Gasteiger partial charge < -0.3 is 30.4 Å². The van der Waals surface area contributed by atoms with Gasteiger partial charge in [0, 0.05) is 53.6 Å².